The average Bonchev–Trinajstić information content (AvgIpc) is 2.22. The molecule has 0 amide bonds. The first kappa shape index (κ1) is 22.0. The average molecular weight is 357 g/mol. The molecule has 0 fully saturated rings. The highest BCUT2D eigenvalue weighted by atomic mass is 35.5. The van der Waals surface area contributed by atoms with Crippen LogP contribution in [0.15, 0.2) is 0 Å². The van der Waals surface area contributed by atoms with Crippen LogP contribution >= 0.6 is 21.9 Å². The Kier molecular flexibility index (Phi) is 8.24. The summed E-state index contributed by atoms with van der Waals surface area (Å²) in [6.45, 7) is 11.8. The van der Waals surface area contributed by atoms with Gasteiger partial charge >= 0.3 is 5.97 Å². The number of hydrogen-bond acceptors (Lipinski definition) is 4. The van der Waals surface area contributed by atoms with E-state index in [2.05, 4.69) is 33.3 Å². The van der Waals surface area contributed by atoms with Crippen molar-refractivity contribution in [3.05, 3.63) is 0 Å². The van der Waals surface area contributed by atoms with Gasteiger partial charge in [-0.15, -0.1) is 21.9 Å². The Morgan fingerprint density at radius 3 is 2.05 bits per heavy atom. The molecule has 1 N–H and O–H groups in total. The summed E-state index contributed by atoms with van der Waals surface area (Å²) in [4.78, 5) is 11.7. The second kappa shape index (κ2) is 8.22. The number of aliphatic hydroxyl groups excluding tert-OH is 1. The highest BCUT2D eigenvalue weighted by molar-refractivity contribution is 8.29. The molecule has 0 rings (SSSR count). The third-order valence-corrected chi connectivity index (χ3v) is 7.43. The van der Waals surface area contributed by atoms with Crippen LogP contribution in [0.2, 0.25) is 0 Å². The van der Waals surface area contributed by atoms with E-state index in [9.17, 15) is 9.90 Å². The third-order valence-electron chi connectivity index (χ3n) is 3.38. The normalized spacial score (nSPS) is 17.0. The van der Waals surface area contributed by atoms with Gasteiger partial charge in [-0.2, -0.15) is 0 Å². The predicted molar refractivity (Wildman–Crippen MR) is 95.9 cm³/mol. The first-order valence-electron chi connectivity index (χ1n) is 7.55. The van der Waals surface area contributed by atoms with Crippen molar-refractivity contribution in [3.8, 4) is 0 Å². The molecule has 2 unspecified atom stereocenters. The summed E-state index contributed by atoms with van der Waals surface area (Å²) in [6, 6.07) is 0. The topological polar surface area (TPSA) is 55.8 Å². The predicted octanol–water partition coefficient (Wildman–Crippen LogP) is 3.87. The van der Waals surface area contributed by atoms with Crippen LogP contribution in [0.5, 0.6) is 0 Å². The van der Waals surface area contributed by atoms with Gasteiger partial charge in [-0.05, 0) is 33.3 Å². The highest BCUT2D eigenvalue weighted by Gasteiger charge is 2.32. The van der Waals surface area contributed by atoms with E-state index in [1.807, 2.05) is 0 Å². The molecule has 0 spiro atoms. The van der Waals surface area contributed by atoms with Crippen molar-refractivity contribution >= 4 is 27.9 Å². The van der Waals surface area contributed by atoms with Crippen molar-refractivity contribution in [3.63, 3.8) is 0 Å². The smallest absolute Gasteiger partial charge is 0.308 e. The van der Waals surface area contributed by atoms with Crippen LogP contribution < -0.4 is 0 Å². The highest BCUT2D eigenvalue weighted by Crippen LogP contribution is 2.54. The van der Waals surface area contributed by atoms with E-state index in [-0.39, 0.29) is 23.2 Å². The first-order chi connectivity index (χ1) is 9.68. The lowest BCUT2D eigenvalue weighted by atomic mass is 10.1. The molecule has 0 aliphatic heterocycles. The van der Waals surface area contributed by atoms with E-state index in [0.29, 0.717) is 6.42 Å². The Morgan fingerprint density at radius 2 is 1.68 bits per heavy atom. The van der Waals surface area contributed by atoms with Gasteiger partial charge in [0, 0.05) is 17.0 Å². The maximum absolute atomic E-state index is 11.7. The summed E-state index contributed by atoms with van der Waals surface area (Å²) in [5.74, 6) is -0.117. The Hall–Kier alpha value is 0.0300. The molecule has 0 aliphatic rings. The number of aliphatic hydroxyl groups is 1. The van der Waals surface area contributed by atoms with Gasteiger partial charge in [0.2, 0.25) is 0 Å². The van der Waals surface area contributed by atoms with Crippen LogP contribution in [0.4, 0.5) is 0 Å². The maximum Gasteiger partial charge on any atom is 0.308 e. The minimum atomic E-state index is -1.32. The number of hydrogen-bond donors (Lipinski definition) is 1. The van der Waals surface area contributed by atoms with E-state index in [4.69, 9.17) is 20.5 Å². The van der Waals surface area contributed by atoms with Crippen molar-refractivity contribution in [1.29, 1.82) is 0 Å². The van der Waals surface area contributed by atoms with Crippen LogP contribution in [0, 0.1) is 0 Å². The van der Waals surface area contributed by atoms with Gasteiger partial charge in [0.05, 0.1) is 18.6 Å². The third kappa shape index (κ3) is 8.61. The summed E-state index contributed by atoms with van der Waals surface area (Å²) in [5.41, 5.74) is -0.544. The summed E-state index contributed by atoms with van der Waals surface area (Å²) in [5, 5.41) is 10.1. The van der Waals surface area contributed by atoms with Gasteiger partial charge in [-0.1, -0.05) is 20.8 Å². The molecule has 4 nitrogen and oxygen atoms in total. The lowest BCUT2D eigenvalue weighted by Gasteiger charge is -2.46. The largest absolute Gasteiger partial charge is 0.460 e. The van der Waals surface area contributed by atoms with Crippen molar-refractivity contribution in [2.45, 2.75) is 76.9 Å². The summed E-state index contributed by atoms with van der Waals surface area (Å²) >= 11 is 5.97. The van der Waals surface area contributed by atoms with E-state index in [0.717, 1.165) is 0 Å². The fraction of sp³-hybridized carbons (Fsp3) is 0.938. The summed E-state index contributed by atoms with van der Waals surface area (Å²) in [6.07, 6.45) is 3.38. The number of ether oxygens (including phenoxy) is 1. The number of esters is 1. The SMILES string of the molecule is CC(C)(C)OC(=O)CC(O)CC(CCl)OS(C)(C)C(C)(C)C. The minimum Gasteiger partial charge on any atom is -0.460 e. The molecule has 0 heterocycles. The summed E-state index contributed by atoms with van der Waals surface area (Å²) in [7, 11) is -1.32. The molecule has 0 radical (unpaired) electrons. The van der Waals surface area contributed by atoms with E-state index >= 15 is 0 Å². The molecule has 6 heteroatoms. The molecule has 134 valence electrons. The van der Waals surface area contributed by atoms with Crippen LogP contribution in [0.3, 0.4) is 0 Å². The van der Waals surface area contributed by atoms with Crippen molar-refractivity contribution < 1.29 is 18.8 Å². The quantitative estimate of drug-likeness (QED) is 0.555. The Bertz CT molecular complexity index is 358. The molecule has 0 aromatic carbocycles. The molecule has 0 aliphatic carbocycles. The van der Waals surface area contributed by atoms with E-state index in [1.165, 1.54) is 0 Å². The number of halogens is 1. The number of rotatable bonds is 7. The summed E-state index contributed by atoms with van der Waals surface area (Å²) < 4.78 is 11.4. The molecule has 0 aromatic rings. The van der Waals surface area contributed by atoms with Crippen LogP contribution in [0.25, 0.3) is 0 Å². The zero-order valence-corrected chi connectivity index (χ0v) is 16.8. The van der Waals surface area contributed by atoms with Crippen molar-refractivity contribution in [2.75, 3.05) is 18.4 Å². The molecule has 0 saturated heterocycles. The van der Waals surface area contributed by atoms with E-state index < -0.39 is 28.0 Å². The monoisotopic (exact) mass is 356 g/mol. The lowest BCUT2D eigenvalue weighted by molar-refractivity contribution is -0.157. The molecular formula is C16H33ClO4S. The van der Waals surface area contributed by atoms with Gasteiger partial charge in [0.1, 0.15) is 5.60 Å². The zero-order valence-electron chi connectivity index (χ0n) is 15.2. The van der Waals surface area contributed by atoms with Gasteiger partial charge < -0.3 is 14.0 Å². The molecule has 0 saturated carbocycles. The van der Waals surface area contributed by atoms with Crippen molar-refractivity contribution in [2.24, 2.45) is 0 Å². The standard InChI is InChI=1S/C16H33ClO4S/c1-15(2,3)20-14(19)10-12(18)9-13(11-17)21-22(7,8)16(4,5)6/h12-13,18H,9-11H2,1-8H3. The fourth-order valence-electron chi connectivity index (χ4n) is 1.57. The van der Waals surface area contributed by atoms with Gasteiger partial charge in [0.25, 0.3) is 0 Å². The van der Waals surface area contributed by atoms with Crippen LogP contribution in [-0.2, 0) is 13.7 Å². The van der Waals surface area contributed by atoms with Gasteiger partial charge in [-0.25, -0.2) is 0 Å². The van der Waals surface area contributed by atoms with Crippen molar-refractivity contribution in [1.82, 2.24) is 0 Å². The first-order valence-corrected chi connectivity index (χ1v) is 10.5. The molecular weight excluding hydrogens is 324 g/mol. The molecule has 0 aromatic heterocycles. The second-order valence-corrected chi connectivity index (χ2v) is 12.1. The Balaban J connectivity index is 4.53. The molecule has 0 bridgehead atoms. The Labute approximate surface area is 142 Å². The fourth-order valence-corrected chi connectivity index (χ4v) is 2.95. The van der Waals surface area contributed by atoms with Gasteiger partial charge in [0.15, 0.2) is 0 Å². The van der Waals surface area contributed by atoms with Crippen LogP contribution in [0.1, 0.15) is 54.4 Å². The van der Waals surface area contributed by atoms with Crippen LogP contribution in [-0.4, -0.2) is 52.0 Å². The second-order valence-electron chi connectivity index (χ2n) is 7.90. The van der Waals surface area contributed by atoms with E-state index in [1.54, 1.807) is 20.8 Å². The minimum absolute atomic E-state index is 0.0213. The Morgan fingerprint density at radius 1 is 1.18 bits per heavy atom. The number of alkyl halides is 1. The van der Waals surface area contributed by atoms with Gasteiger partial charge in [-0.3, -0.25) is 4.79 Å². The number of carbonyl (C=O) groups is 1. The zero-order chi connectivity index (χ0) is 17.8. The molecule has 2 atom stereocenters. The lowest BCUT2D eigenvalue weighted by Crippen LogP contribution is -2.33. The maximum atomic E-state index is 11.7. The number of carbonyl (C=O) groups excluding carboxylic acids is 1. The molecule has 22 heavy (non-hydrogen) atoms.